The SMILES string of the molecule is OCC/C=C/CCS. The Kier molecular flexibility index (Phi) is 7.09. The normalized spacial score (nSPS) is 10.8. The van der Waals surface area contributed by atoms with Crippen molar-refractivity contribution >= 4 is 12.6 Å². The van der Waals surface area contributed by atoms with Crippen molar-refractivity contribution in [1.82, 2.24) is 0 Å². The minimum absolute atomic E-state index is 0.253. The molecule has 0 unspecified atom stereocenters. The molecule has 2 heteroatoms. The molecule has 0 amide bonds. The van der Waals surface area contributed by atoms with Gasteiger partial charge in [0.2, 0.25) is 0 Å². The molecule has 1 N–H and O–H groups in total. The van der Waals surface area contributed by atoms with Gasteiger partial charge in [-0.3, -0.25) is 0 Å². The molecule has 0 aromatic carbocycles. The Hall–Kier alpha value is 0.0500. The largest absolute Gasteiger partial charge is 0.396 e. The highest BCUT2D eigenvalue weighted by molar-refractivity contribution is 7.80. The van der Waals surface area contributed by atoms with E-state index in [2.05, 4.69) is 12.6 Å². The summed E-state index contributed by atoms with van der Waals surface area (Å²) >= 11 is 4.01. The van der Waals surface area contributed by atoms with Crippen LogP contribution in [0.5, 0.6) is 0 Å². The van der Waals surface area contributed by atoms with Crippen LogP contribution in [0, 0.1) is 0 Å². The number of hydrogen-bond acceptors (Lipinski definition) is 2. The first kappa shape index (κ1) is 8.05. The third kappa shape index (κ3) is 6.05. The van der Waals surface area contributed by atoms with Crippen molar-refractivity contribution in [2.45, 2.75) is 12.8 Å². The fourth-order valence-corrected chi connectivity index (χ4v) is 0.534. The van der Waals surface area contributed by atoms with Gasteiger partial charge in [0.05, 0.1) is 0 Å². The molecule has 0 rings (SSSR count). The molecule has 0 atom stereocenters. The zero-order valence-corrected chi connectivity index (χ0v) is 5.77. The second-order valence-corrected chi connectivity index (χ2v) is 1.94. The maximum atomic E-state index is 8.30. The molecule has 48 valence electrons. The van der Waals surface area contributed by atoms with Crippen molar-refractivity contribution in [2.24, 2.45) is 0 Å². The second kappa shape index (κ2) is 7.05. The van der Waals surface area contributed by atoms with Gasteiger partial charge in [0.15, 0.2) is 0 Å². The lowest BCUT2D eigenvalue weighted by Crippen LogP contribution is -1.75. The molecule has 0 spiro atoms. The van der Waals surface area contributed by atoms with E-state index in [9.17, 15) is 0 Å². The summed E-state index contributed by atoms with van der Waals surface area (Å²) in [5.41, 5.74) is 0. The van der Waals surface area contributed by atoms with Gasteiger partial charge in [-0.2, -0.15) is 12.6 Å². The summed E-state index contributed by atoms with van der Waals surface area (Å²) in [6.07, 6.45) is 5.77. The van der Waals surface area contributed by atoms with Crippen molar-refractivity contribution in [3.05, 3.63) is 12.2 Å². The molecule has 1 nitrogen and oxygen atoms in total. The van der Waals surface area contributed by atoms with Crippen LogP contribution in [0.25, 0.3) is 0 Å². The van der Waals surface area contributed by atoms with Crippen LogP contribution in [0.2, 0.25) is 0 Å². The maximum absolute atomic E-state index is 8.30. The number of allylic oxidation sites excluding steroid dienone is 1. The topological polar surface area (TPSA) is 20.2 Å². The quantitative estimate of drug-likeness (QED) is 0.435. The van der Waals surface area contributed by atoms with Crippen molar-refractivity contribution < 1.29 is 5.11 Å². The van der Waals surface area contributed by atoms with Crippen LogP contribution >= 0.6 is 12.6 Å². The average molecular weight is 132 g/mol. The highest BCUT2D eigenvalue weighted by atomic mass is 32.1. The minimum Gasteiger partial charge on any atom is -0.396 e. The van der Waals surface area contributed by atoms with Crippen molar-refractivity contribution in [3.8, 4) is 0 Å². The second-order valence-electron chi connectivity index (χ2n) is 1.50. The lowest BCUT2D eigenvalue weighted by Gasteiger charge is -1.83. The first-order chi connectivity index (χ1) is 3.91. The van der Waals surface area contributed by atoms with Gasteiger partial charge in [-0.1, -0.05) is 12.2 Å². The number of aliphatic hydroxyl groups excluding tert-OH is 1. The summed E-state index contributed by atoms with van der Waals surface area (Å²) < 4.78 is 0. The van der Waals surface area contributed by atoms with Crippen LogP contribution in [-0.2, 0) is 0 Å². The molecule has 0 aliphatic carbocycles. The lowest BCUT2D eigenvalue weighted by atomic mass is 10.3. The van der Waals surface area contributed by atoms with Gasteiger partial charge in [-0.15, -0.1) is 0 Å². The van der Waals surface area contributed by atoms with Crippen LogP contribution in [0.4, 0.5) is 0 Å². The summed E-state index contributed by atoms with van der Waals surface area (Å²) in [6, 6.07) is 0. The Labute approximate surface area is 55.8 Å². The van der Waals surface area contributed by atoms with E-state index in [4.69, 9.17) is 5.11 Å². The Morgan fingerprint density at radius 2 is 1.88 bits per heavy atom. The van der Waals surface area contributed by atoms with Crippen LogP contribution in [0.1, 0.15) is 12.8 Å². The summed E-state index contributed by atoms with van der Waals surface area (Å²) in [4.78, 5) is 0. The summed E-state index contributed by atoms with van der Waals surface area (Å²) in [5.74, 6) is 0.891. The fraction of sp³-hybridized carbons (Fsp3) is 0.667. The third-order valence-corrected chi connectivity index (χ3v) is 1.02. The molecule has 0 bridgehead atoms. The number of thiol groups is 1. The number of rotatable bonds is 4. The van der Waals surface area contributed by atoms with Gasteiger partial charge in [0.1, 0.15) is 0 Å². The third-order valence-electron chi connectivity index (χ3n) is 0.758. The molecular weight excluding hydrogens is 120 g/mol. The standard InChI is InChI=1S/C6H12OS/c7-5-3-1-2-4-6-8/h1-2,7-8H,3-6H2/b2-1+. The highest BCUT2D eigenvalue weighted by Crippen LogP contribution is 1.87. The Bertz CT molecular complexity index is 53.5. The predicted octanol–water partition coefficient (Wildman–Crippen LogP) is 1.24. The zero-order valence-electron chi connectivity index (χ0n) is 4.88. The molecule has 0 heterocycles. The average Bonchev–Trinajstić information content (AvgIpc) is 1.81. The van der Waals surface area contributed by atoms with Crippen LogP contribution in [-0.4, -0.2) is 17.5 Å². The van der Waals surface area contributed by atoms with Gasteiger partial charge < -0.3 is 5.11 Å². The number of aliphatic hydroxyl groups is 1. The first-order valence-corrected chi connectivity index (χ1v) is 3.41. The minimum atomic E-state index is 0.253. The smallest absolute Gasteiger partial charge is 0.0465 e. The molecule has 0 radical (unpaired) electrons. The van der Waals surface area contributed by atoms with Crippen molar-refractivity contribution in [3.63, 3.8) is 0 Å². The van der Waals surface area contributed by atoms with Gasteiger partial charge in [-0.05, 0) is 18.6 Å². The van der Waals surface area contributed by atoms with Gasteiger partial charge in [0.25, 0.3) is 0 Å². The Morgan fingerprint density at radius 3 is 2.38 bits per heavy atom. The first-order valence-electron chi connectivity index (χ1n) is 2.78. The van der Waals surface area contributed by atoms with E-state index < -0.39 is 0 Å². The molecule has 8 heavy (non-hydrogen) atoms. The van der Waals surface area contributed by atoms with Crippen molar-refractivity contribution in [1.29, 1.82) is 0 Å². The number of hydrogen-bond donors (Lipinski definition) is 2. The van der Waals surface area contributed by atoms with E-state index in [1.54, 1.807) is 0 Å². The molecule has 0 fully saturated rings. The van der Waals surface area contributed by atoms with E-state index in [0.29, 0.717) is 0 Å². The molecular formula is C6H12OS. The maximum Gasteiger partial charge on any atom is 0.0465 e. The van der Waals surface area contributed by atoms with E-state index >= 15 is 0 Å². The summed E-state index contributed by atoms with van der Waals surface area (Å²) in [6.45, 7) is 0.253. The zero-order chi connectivity index (χ0) is 6.24. The summed E-state index contributed by atoms with van der Waals surface area (Å²) in [5, 5.41) is 8.30. The van der Waals surface area contributed by atoms with Crippen molar-refractivity contribution in [2.75, 3.05) is 12.4 Å². The van der Waals surface area contributed by atoms with Crippen LogP contribution in [0.15, 0.2) is 12.2 Å². The molecule has 0 aliphatic heterocycles. The van der Waals surface area contributed by atoms with Gasteiger partial charge in [-0.25, -0.2) is 0 Å². The molecule has 0 saturated carbocycles. The van der Waals surface area contributed by atoms with E-state index in [0.717, 1.165) is 18.6 Å². The molecule has 0 saturated heterocycles. The monoisotopic (exact) mass is 132 g/mol. The van der Waals surface area contributed by atoms with Crippen LogP contribution in [0.3, 0.4) is 0 Å². The Morgan fingerprint density at radius 1 is 1.25 bits per heavy atom. The fourth-order valence-electron chi connectivity index (χ4n) is 0.385. The predicted molar refractivity (Wildman–Crippen MR) is 39.3 cm³/mol. The molecule has 0 aliphatic rings. The lowest BCUT2D eigenvalue weighted by molar-refractivity contribution is 0.302. The molecule has 0 aromatic rings. The van der Waals surface area contributed by atoms with E-state index in [-0.39, 0.29) is 6.61 Å². The van der Waals surface area contributed by atoms with E-state index in [1.807, 2.05) is 12.2 Å². The van der Waals surface area contributed by atoms with Gasteiger partial charge in [0, 0.05) is 6.61 Å². The molecule has 0 aromatic heterocycles. The Balaban J connectivity index is 2.83. The highest BCUT2D eigenvalue weighted by Gasteiger charge is 1.73. The van der Waals surface area contributed by atoms with Gasteiger partial charge >= 0.3 is 0 Å². The summed E-state index contributed by atoms with van der Waals surface area (Å²) in [7, 11) is 0. The van der Waals surface area contributed by atoms with E-state index in [1.165, 1.54) is 0 Å². The van der Waals surface area contributed by atoms with Crippen LogP contribution < -0.4 is 0 Å².